The molecule has 5 heteroatoms. The van der Waals surface area contributed by atoms with Gasteiger partial charge in [0.2, 0.25) is 0 Å². The molecule has 0 fully saturated rings. The minimum Gasteiger partial charge on any atom is -0.481 e. The van der Waals surface area contributed by atoms with Gasteiger partial charge in [0.1, 0.15) is 0 Å². The van der Waals surface area contributed by atoms with Crippen LogP contribution in [0.4, 0.5) is 0 Å². The van der Waals surface area contributed by atoms with E-state index in [0.717, 1.165) is 6.92 Å². The Bertz CT molecular complexity index is 38.7. The summed E-state index contributed by atoms with van der Waals surface area (Å²) < 4.78 is 0. The predicted octanol–water partition coefficient (Wildman–Crippen LogP) is -0.674. The van der Waals surface area contributed by atoms with Crippen LogP contribution in [0.2, 0.25) is 0 Å². The van der Waals surface area contributed by atoms with Crippen LogP contribution in [-0.4, -0.2) is 28.4 Å². The zero-order chi connectivity index (χ0) is 3.58. The van der Waals surface area contributed by atoms with Gasteiger partial charge in [-0.1, -0.05) is 0 Å². The van der Waals surface area contributed by atoms with Crippen molar-refractivity contribution in [3.05, 3.63) is 0 Å². The van der Waals surface area contributed by atoms with Crippen LogP contribution in [-0.2, 0) is 24.3 Å². The van der Waals surface area contributed by atoms with E-state index in [1.165, 1.54) is 0 Å². The third kappa shape index (κ3) is 199. The number of rotatable bonds is 0. The van der Waals surface area contributed by atoms with Crippen molar-refractivity contribution in [1.29, 1.82) is 0 Å². The van der Waals surface area contributed by atoms with Crippen LogP contribution in [0.1, 0.15) is 6.92 Å². The summed E-state index contributed by atoms with van der Waals surface area (Å²) in [5.74, 6) is -0.833. The Labute approximate surface area is 72.0 Å². The van der Waals surface area contributed by atoms with Gasteiger partial charge in [0.15, 0.2) is 17.4 Å². The maximum absolute atomic E-state index is 9.00. The van der Waals surface area contributed by atoms with Gasteiger partial charge in [0.25, 0.3) is 5.97 Å². The van der Waals surface area contributed by atoms with Crippen molar-refractivity contribution in [2.45, 2.75) is 6.92 Å². The molecule has 0 rings (SSSR count). The summed E-state index contributed by atoms with van der Waals surface area (Å²) in [6.07, 6.45) is 0. The first kappa shape index (κ1) is 24.7. The van der Waals surface area contributed by atoms with Crippen molar-refractivity contribution < 1.29 is 29.4 Å². The van der Waals surface area contributed by atoms with Crippen molar-refractivity contribution in [3.8, 4) is 0 Å². The van der Waals surface area contributed by atoms with Crippen molar-refractivity contribution in [3.63, 3.8) is 0 Å². The largest absolute Gasteiger partial charge is 0.481 e. The molecule has 0 aliphatic heterocycles. The van der Waals surface area contributed by atoms with Gasteiger partial charge in [-0.25, -0.2) is 0 Å². The zero-order valence-electron chi connectivity index (χ0n) is 3.47. The van der Waals surface area contributed by atoms with E-state index in [-0.39, 0.29) is 49.2 Å². The molecule has 0 aliphatic carbocycles. The summed E-state index contributed by atoms with van der Waals surface area (Å²) >= 11 is 0. The quantitative estimate of drug-likeness (QED) is 0.516. The SMILES string of the molecule is CC(=O)O.Cl.[AlH3].[Zn]. The Hall–Kier alpha value is 0.916. The fraction of sp³-hybridized carbons (Fsp3) is 0.500. The van der Waals surface area contributed by atoms with Gasteiger partial charge in [0, 0.05) is 26.4 Å². The molecule has 0 aromatic carbocycles. The molecule has 0 unspecified atom stereocenters. The number of hydrogen-bond acceptors (Lipinski definition) is 1. The summed E-state index contributed by atoms with van der Waals surface area (Å²) in [7, 11) is 0. The fourth-order valence-electron chi connectivity index (χ4n) is 0. The Kier molecular flexibility index (Phi) is 55.7. The molecule has 40 valence electrons. The Morgan fingerprint density at radius 1 is 1.57 bits per heavy atom. The first-order valence-corrected chi connectivity index (χ1v) is 0.928. The maximum Gasteiger partial charge on any atom is 0.300 e. The van der Waals surface area contributed by atoms with Crippen molar-refractivity contribution in [1.82, 2.24) is 0 Å². The molecule has 0 spiro atoms. The number of carboxylic acids is 1. The van der Waals surface area contributed by atoms with E-state index < -0.39 is 5.97 Å². The summed E-state index contributed by atoms with van der Waals surface area (Å²) in [6.45, 7) is 1.08. The summed E-state index contributed by atoms with van der Waals surface area (Å²) in [5.41, 5.74) is 0. The van der Waals surface area contributed by atoms with E-state index in [1.54, 1.807) is 0 Å². The monoisotopic (exact) mass is 190 g/mol. The van der Waals surface area contributed by atoms with Crippen LogP contribution in [0.15, 0.2) is 0 Å². The van der Waals surface area contributed by atoms with Crippen LogP contribution in [0.3, 0.4) is 0 Å². The van der Waals surface area contributed by atoms with E-state index in [4.69, 9.17) is 9.90 Å². The second kappa shape index (κ2) is 15.8. The van der Waals surface area contributed by atoms with Crippen LogP contribution in [0.25, 0.3) is 0 Å². The smallest absolute Gasteiger partial charge is 0.300 e. The van der Waals surface area contributed by atoms with Gasteiger partial charge in [-0.05, 0) is 0 Å². The van der Waals surface area contributed by atoms with Gasteiger partial charge in [0.05, 0.1) is 0 Å². The van der Waals surface area contributed by atoms with Crippen molar-refractivity contribution >= 4 is 35.7 Å². The third-order valence-corrected chi connectivity index (χ3v) is 0. The first-order chi connectivity index (χ1) is 1.73. The van der Waals surface area contributed by atoms with E-state index in [0.29, 0.717) is 0 Å². The standard InChI is InChI=1S/C2H4O2.Al.ClH.Zn.3H/c1-2(3)4;;;;;;/h1H3,(H,3,4);;1H;;;;. The van der Waals surface area contributed by atoms with Gasteiger partial charge in [-0.15, -0.1) is 12.4 Å². The molecular weight excluding hydrogens is 184 g/mol. The van der Waals surface area contributed by atoms with Gasteiger partial charge in [-0.2, -0.15) is 0 Å². The Morgan fingerprint density at radius 3 is 1.57 bits per heavy atom. The average Bonchev–Trinajstić information content (AvgIpc) is 0.811. The first-order valence-electron chi connectivity index (χ1n) is 0.928. The second-order valence-corrected chi connectivity index (χ2v) is 0.519. The van der Waals surface area contributed by atoms with Crippen LogP contribution in [0, 0.1) is 0 Å². The minimum absolute atomic E-state index is 0. The molecule has 0 aliphatic rings. The zero-order valence-corrected chi connectivity index (χ0v) is 7.25. The van der Waals surface area contributed by atoms with E-state index in [1.807, 2.05) is 0 Å². The molecule has 0 aromatic rings. The van der Waals surface area contributed by atoms with Crippen molar-refractivity contribution in [2.75, 3.05) is 0 Å². The van der Waals surface area contributed by atoms with Crippen molar-refractivity contribution in [2.24, 2.45) is 0 Å². The number of carboxylic acid groups (broad SMARTS) is 1. The van der Waals surface area contributed by atoms with Crippen LogP contribution in [0.5, 0.6) is 0 Å². The fourth-order valence-corrected chi connectivity index (χ4v) is 0. The summed E-state index contributed by atoms with van der Waals surface area (Å²) in [6, 6.07) is 0. The van der Waals surface area contributed by atoms with Gasteiger partial charge in [-0.3, -0.25) is 4.79 Å². The number of halogens is 1. The van der Waals surface area contributed by atoms with Gasteiger partial charge >= 0.3 is 0 Å². The molecule has 0 amide bonds. The average molecular weight is 192 g/mol. The van der Waals surface area contributed by atoms with Gasteiger partial charge < -0.3 is 5.11 Å². The molecule has 2 nitrogen and oxygen atoms in total. The topological polar surface area (TPSA) is 37.3 Å². The number of hydrogen-bond donors (Lipinski definition) is 1. The molecule has 0 aromatic heterocycles. The molecule has 0 saturated carbocycles. The second-order valence-electron chi connectivity index (χ2n) is 0.519. The number of aliphatic carboxylic acids is 1. The molecule has 0 atom stereocenters. The Balaban J connectivity index is -0.0000000150. The molecule has 1 N–H and O–H groups in total. The van der Waals surface area contributed by atoms with Crippen LogP contribution >= 0.6 is 12.4 Å². The molecule has 0 saturated heterocycles. The number of carbonyl (C=O) groups is 1. The Morgan fingerprint density at radius 2 is 1.57 bits per heavy atom. The predicted molar refractivity (Wildman–Crippen MR) is 30.5 cm³/mol. The minimum atomic E-state index is -0.833. The molecule has 0 heterocycles. The van der Waals surface area contributed by atoms with E-state index in [2.05, 4.69) is 0 Å². The molecule has 0 radical (unpaired) electrons. The maximum atomic E-state index is 9.00. The molecular formula is C2H8AlClO2Zn. The third-order valence-electron chi connectivity index (χ3n) is 0. The van der Waals surface area contributed by atoms with E-state index >= 15 is 0 Å². The summed E-state index contributed by atoms with van der Waals surface area (Å²) in [4.78, 5) is 9.00. The molecule has 7 heavy (non-hydrogen) atoms. The van der Waals surface area contributed by atoms with E-state index in [9.17, 15) is 0 Å². The summed E-state index contributed by atoms with van der Waals surface area (Å²) in [5, 5.41) is 7.42. The normalized spacial score (nSPS) is 3.57. The molecule has 0 bridgehead atoms. The van der Waals surface area contributed by atoms with Crippen LogP contribution < -0.4 is 0 Å².